The molecule has 0 aliphatic heterocycles. The average Bonchev–Trinajstić information content (AvgIpc) is 2.58. The van der Waals surface area contributed by atoms with E-state index in [1.807, 2.05) is 30.3 Å². The predicted octanol–water partition coefficient (Wildman–Crippen LogP) is 2.73. The molecule has 0 aliphatic rings. The van der Waals surface area contributed by atoms with Crippen LogP contribution in [0.15, 0.2) is 59.7 Å². The molecule has 0 atom stereocenters. The summed E-state index contributed by atoms with van der Waals surface area (Å²) >= 11 is 5.27. The lowest BCUT2D eigenvalue weighted by Crippen LogP contribution is -2.33. The number of nitrogens with one attached hydrogen (secondary N) is 1. The Hall–Kier alpha value is -2.73. The topological polar surface area (TPSA) is 64.9 Å². The van der Waals surface area contributed by atoms with Gasteiger partial charge in [0.25, 0.3) is 0 Å². The van der Waals surface area contributed by atoms with E-state index in [0.717, 1.165) is 11.1 Å². The number of aromatic carboxylic acids is 1. The minimum atomic E-state index is -0.947. The largest absolute Gasteiger partial charge is 0.478 e. The Morgan fingerprint density at radius 3 is 2.48 bits per heavy atom. The number of hydrogen-bond donors (Lipinski definition) is 2. The van der Waals surface area contributed by atoms with Crippen LogP contribution in [0.2, 0.25) is 0 Å². The zero-order chi connectivity index (χ0) is 16.7. The van der Waals surface area contributed by atoms with Crippen LogP contribution in [-0.2, 0) is 6.54 Å². The fourth-order valence-electron chi connectivity index (χ4n) is 1.81. The molecule has 2 aromatic carbocycles. The molecule has 2 rings (SSSR count). The lowest BCUT2D eigenvalue weighted by Gasteiger charge is -2.15. The second-order valence-electron chi connectivity index (χ2n) is 4.84. The molecule has 0 radical (unpaired) electrons. The normalized spacial score (nSPS) is 10.5. The highest BCUT2D eigenvalue weighted by atomic mass is 32.1. The Morgan fingerprint density at radius 2 is 1.87 bits per heavy atom. The van der Waals surface area contributed by atoms with Crippen LogP contribution in [0.5, 0.6) is 0 Å². The monoisotopic (exact) mass is 327 g/mol. The average molecular weight is 327 g/mol. The van der Waals surface area contributed by atoms with Crippen LogP contribution in [0.4, 0.5) is 0 Å². The van der Waals surface area contributed by atoms with Crippen molar-refractivity contribution in [2.75, 3.05) is 7.05 Å². The maximum absolute atomic E-state index is 10.8. The Kier molecular flexibility index (Phi) is 5.82. The molecule has 0 saturated carbocycles. The van der Waals surface area contributed by atoms with E-state index >= 15 is 0 Å². The molecule has 0 amide bonds. The molecule has 0 spiro atoms. The van der Waals surface area contributed by atoms with Gasteiger partial charge in [0, 0.05) is 13.6 Å². The van der Waals surface area contributed by atoms with Crippen LogP contribution < -0.4 is 5.32 Å². The van der Waals surface area contributed by atoms with Gasteiger partial charge in [0.05, 0.1) is 11.8 Å². The van der Waals surface area contributed by atoms with Crippen LogP contribution in [0.25, 0.3) is 0 Å². The van der Waals surface area contributed by atoms with Crippen molar-refractivity contribution in [1.29, 1.82) is 0 Å². The van der Waals surface area contributed by atoms with Crippen molar-refractivity contribution in [3.8, 4) is 0 Å². The summed E-state index contributed by atoms with van der Waals surface area (Å²) in [6.07, 6.45) is 1.63. The van der Waals surface area contributed by atoms with Gasteiger partial charge in [-0.25, -0.2) is 9.80 Å². The number of hydrogen-bond acceptors (Lipinski definition) is 3. The van der Waals surface area contributed by atoms with E-state index in [4.69, 9.17) is 17.3 Å². The smallest absolute Gasteiger partial charge is 0.335 e. The van der Waals surface area contributed by atoms with Crippen molar-refractivity contribution in [2.24, 2.45) is 5.10 Å². The molecule has 6 heteroatoms. The fourth-order valence-corrected chi connectivity index (χ4v) is 1.92. The van der Waals surface area contributed by atoms with Crippen molar-refractivity contribution in [1.82, 2.24) is 10.3 Å². The van der Waals surface area contributed by atoms with Crippen LogP contribution in [0, 0.1) is 0 Å². The second-order valence-corrected chi connectivity index (χ2v) is 5.23. The molecule has 0 fully saturated rings. The SMILES string of the molecule is CN(/N=C\c1ccc(C(=O)O)cc1)C(=S)NCc1ccccc1. The van der Waals surface area contributed by atoms with Gasteiger partial charge in [-0.05, 0) is 35.5 Å². The van der Waals surface area contributed by atoms with E-state index in [1.165, 1.54) is 12.1 Å². The minimum absolute atomic E-state index is 0.246. The molecular weight excluding hydrogens is 310 g/mol. The molecule has 0 bridgehead atoms. The first-order chi connectivity index (χ1) is 11.1. The summed E-state index contributed by atoms with van der Waals surface area (Å²) in [5.41, 5.74) is 2.18. The van der Waals surface area contributed by atoms with Gasteiger partial charge < -0.3 is 10.4 Å². The van der Waals surface area contributed by atoms with Gasteiger partial charge in [-0.1, -0.05) is 42.5 Å². The van der Waals surface area contributed by atoms with Crippen LogP contribution in [-0.4, -0.2) is 34.5 Å². The summed E-state index contributed by atoms with van der Waals surface area (Å²) < 4.78 is 0. The van der Waals surface area contributed by atoms with E-state index < -0.39 is 5.97 Å². The first-order valence-corrected chi connectivity index (χ1v) is 7.40. The third-order valence-electron chi connectivity index (χ3n) is 3.12. The van der Waals surface area contributed by atoms with E-state index in [1.54, 1.807) is 30.4 Å². The van der Waals surface area contributed by atoms with Crippen molar-refractivity contribution in [2.45, 2.75) is 6.54 Å². The van der Waals surface area contributed by atoms with Crippen molar-refractivity contribution < 1.29 is 9.90 Å². The number of thiocarbonyl (C=S) groups is 1. The molecule has 2 N–H and O–H groups in total. The molecule has 5 nitrogen and oxygen atoms in total. The number of carboxylic acids is 1. The molecule has 2 aromatic rings. The molecule has 0 saturated heterocycles. The van der Waals surface area contributed by atoms with Gasteiger partial charge >= 0.3 is 5.97 Å². The van der Waals surface area contributed by atoms with Crippen LogP contribution in [0.3, 0.4) is 0 Å². The Morgan fingerprint density at radius 1 is 1.22 bits per heavy atom. The summed E-state index contributed by atoms with van der Waals surface area (Å²) in [7, 11) is 1.75. The highest BCUT2D eigenvalue weighted by Crippen LogP contribution is 2.03. The van der Waals surface area contributed by atoms with Gasteiger partial charge in [0.15, 0.2) is 5.11 Å². The summed E-state index contributed by atoms with van der Waals surface area (Å²) in [5.74, 6) is -0.947. The zero-order valence-corrected chi connectivity index (χ0v) is 13.5. The summed E-state index contributed by atoms with van der Waals surface area (Å²) in [6, 6.07) is 16.4. The molecule has 118 valence electrons. The summed E-state index contributed by atoms with van der Waals surface area (Å²) in [4.78, 5) is 10.8. The molecule has 0 aromatic heterocycles. The number of hydrazone groups is 1. The third kappa shape index (κ3) is 5.19. The van der Waals surface area contributed by atoms with E-state index in [-0.39, 0.29) is 5.56 Å². The molecule has 23 heavy (non-hydrogen) atoms. The Balaban J connectivity index is 1.88. The molecular formula is C17H17N3O2S. The van der Waals surface area contributed by atoms with E-state index in [0.29, 0.717) is 11.7 Å². The number of nitrogens with zero attached hydrogens (tertiary/aromatic N) is 2. The lowest BCUT2D eigenvalue weighted by atomic mass is 10.1. The second kappa shape index (κ2) is 8.05. The standard InChI is InChI=1S/C17H17N3O2S/c1-20(17(23)18-11-13-5-3-2-4-6-13)19-12-14-7-9-15(10-8-14)16(21)22/h2-10,12H,11H2,1H3,(H,18,23)(H,21,22)/b19-12-. The summed E-state index contributed by atoms with van der Waals surface area (Å²) in [5, 5.41) is 18.3. The lowest BCUT2D eigenvalue weighted by molar-refractivity contribution is 0.0697. The number of carbonyl (C=O) groups is 1. The first kappa shape index (κ1) is 16.6. The quantitative estimate of drug-likeness (QED) is 0.502. The Bertz CT molecular complexity index is 700. The van der Waals surface area contributed by atoms with Crippen molar-refractivity contribution >= 4 is 29.5 Å². The third-order valence-corrected chi connectivity index (χ3v) is 3.53. The predicted molar refractivity (Wildman–Crippen MR) is 94.6 cm³/mol. The minimum Gasteiger partial charge on any atom is -0.478 e. The van der Waals surface area contributed by atoms with Gasteiger partial charge in [0.1, 0.15) is 0 Å². The molecule has 0 aliphatic carbocycles. The molecule has 0 unspecified atom stereocenters. The van der Waals surface area contributed by atoms with Crippen LogP contribution in [0.1, 0.15) is 21.5 Å². The van der Waals surface area contributed by atoms with Gasteiger partial charge in [0.2, 0.25) is 0 Å². The summed E-state index contributed by atoms with van der Waals surface area (Å²) in [6.45, 7) is 0.632. The highest BCUT2D eigenvalue weighted by Gasteiger charge is 2.03. The highest BCUT2D eigenvalue weighted by molar-refractivity contribution is 7.80. The van der Waals surface area contributed by atoms with Gasteiger partial charge in [-0.15, -0.1) is 0 Å². The van der Waals surface area contributed by atoms with Gasteiger partial charge in [-0.2, -0.15) is 5.10 Å². The van der Waals surface area contributed by atoms with Crippen molar-refractivity contribution in [3.05, 3.63) is 71.3 Å². The number of benzene rings is 2. The van der Waals surface area contributed by atoms with Crippen LogP contribution >= 0.6 is 12.2 Å². The van der Waals surface area contributed by atoms with E-state index in [9.17, 15) is 4.79 Å². The fraction of sp³-hybridized carbons (Fsp3) is 0.118. The maximum Gasteiger partial charge on any atom is 0.335 e. The molecule has 0 heterocycles. The van der Waals surface area contributed by atoms with E-state index in [2.05, 4.69) is 10.4 Å². The Labute approximate surface area is 140 Å². The number of carboxylic acid groups (broad SMARTS) is 1. The van der Waals surface area contributed by atoms with Gasteiger partial charge in [-0.3, -0.25) is 0 Å². The maximum atomic E-state index is 10.8. The van der Waals surface area contributed by atoms with Crippen molar-refractivity contribution in [3.63, 3.8) is 0 Å². The first-order valence-electron chi connectivity index (χ1n) is 6.99. The number of rotatable bonds is 5. The zero-order valence-electron chi connectivity index (χ0n) is 12.6.